The number of hydrogen-bond donors (Lipinski definition) is 2. The summed E-state index contributed by atoms with van der Waals surface area (Å²) in [6.45, 7) is 3.23. The maximum atomic E-state index is 11.9. The van der Waals surface area contributed by atoms with E-state index in [1.165, 1.54) is 11.3 Å². The van der Waals surface area contributed by atoms with Gasteiger partial charge in [-0.25, -0.2) is 4.98 Å². The number of carbonyl (C=O) groups excluding carboxylic acids is 1. The minimum Gasteiger partial charge on any atom is -0.375 e. The third-order valence-corrected chi connectivity index (χ3v) is 4.21. The van der Waals surface area contributed by atoms with Gasteiger partial charge in [0, 0.05) is 24.0 Å². The molecule has 1 aliphatic rings. The lowest BCUT2D eigenvalue weighted by Crippen LogP contribution is -2.47. The summed E-state index contributed by atoms with van der Waals surface area (Å²) in [5.41, 5.74) is 6.30. The van der Waals surface area contributed by atoms with Gasteiger partial charge in [0.1, 0.15) is 0 Å². The van der Waals surface area contributed by atoms with Crippen LogP contribution in [-0.4, -0.2) is 41.5 Å². The van der Waals surface area contributed by atoms with E-state index in [1.54, 1.807) is 0 Å². The quantitative estimate of drug-likeness (QED) is 0.853. The summed E-state index contributed by atoms with van der Waals surface area (Å²) >= 11 is 1.37. The molecular weight excluding hydrogens is 248 g/mol. The molecule has 3 N–H and O–H groups in total. The molecule has 1 fully saturated rings. The summed E-state index contributed by atoms with van der Waals surface area (Å²) in [5, 5.41) is 5.44. The van der Waals surface area contributed by atoms with Crippen LogP contribution in [0.1, 0.15) is 25.5 Å². The molecule has 6 heteroatoms. The molecular formula is C12H20N4OS. The number of nitrogens with two attached hydrogens (primary N) is 1. The maximum absolute atomic E-state index is 11.9. The number of thiazole rings is 1. The third-order valence-electron chi connectivity index (χ3n) is 3.48. The lowest BCUT2D eigenvalue weighted by atomic mass is 9.99. The molecule has 2 heterocycles. The van der Waals surface area contributed by atoms with Crippen molar-refractivity contribution in [2.45, 2.75) is 38.3 Å². The van der Waals surface area contributed by atoms with Crippen molar-refractivity contribution in [3.8, 4) is 0 Å². The second-order valence-electron chi connectivity index (χ2n) is 4.97. The molecule has 1 aromatic heterocycles. The van der Waals surface area contributed by atoms with Crippen molar-refractivity contribution in [2.75, 3.05) is 19.3 Å². The molecule has 0 saturated carbocycles. The van der Waals surface area contributed by atoms with Crippen molar-refractivity contribution in [2.24, 2.45) is 0 Å². The van der Waals surface area contributed by atoms with E-state index >= 15 is 0 Å². The van der Waals surface area contributed by atoms with Crippen molar-refractivity contribution in [3.05, 3.63) is 11.1 Å². The van der Waals surface area contributed by atoms with Crippen molar-refractivity contribution in [3.63, 3.8) is 0 Å². The third kappa shape index (κ3) is 3.43. The molecule has 100 valence electrons. The zero-order valence-electron chi connectivity index (χ0n) is 10.8. The number of nitrogen functional groups attached to an aromatic ring is 1. The molecule has 0 bridgehead atoms. The smallest absolute Gasteiger partial charge is 0.226 e. The molecule has 0 aromatic carbocycles. The Balaban J connectivity index is 1.81. The first-order valence-corrected chi connectivity index (χ1v) is 7.12. The van der Waals surface area contributed by atoms with E-state index in [9.17, 15) is 4.79 Å². The molecule has 2 unspecified atom stereocenters. The Morgan fingerprint density at radius 3 is 3.11 bits per heavy atom. The Hall–Kier alpha value is -1.14. The number of piperidine rings is 1. The van der Waals surface area contributed by atoms with Gasteiger partial charge in [-0.1, -0.05) is 0 Å². The van der Waals surface area contributed by atoms with Crippen LogP contribution in [0.4, 0.5) is 5.13 Å². The number of rotatable bonds is 3. The van der Waals surface area contributed by atoms with E-state index in [4.69, 9.17) is 5.73 Å². The highest BCUT2D eigenvalue weighted by molar-refractivity contribution is 7.13. The van der Waals surface area contributed by atoms with Gasteiger partial charge in [0.25, 0.3) is 0 Å². The van der Waals surface area contributed by atoms with Crippen LogP contribution in [0.25, 0.3) is 0 Å². The predicted molar refractivity (Wildman–Crippen MR) is 73.5 cm³/mol. The Labute approximate surface area is 111 Å². The van der Waals surface area contributed by atoms with Crippen LogP contribution < -0.4 is 11.1 Å². The summed E-state index contributed by atoms with van der Waals surface area (Å²) in [6, 6.07) is 0.818. The minimum atomic E-state index is 0.0436. The molecule has 2 atom stereocenters. The number of carbonyl (C=O) groups is 1. The van der Waals surface area contributed by atoms with Crippen LogP contribution in [0.15, 0.2) is 5.38 Å². The van der Waals surface area contributed by atoms with Gasteiger partial charge in [-0.2, -0.15) is 0 Å². The normalized spacial score (nSPS) is 25.0. The zero-order chi connectivity index (χ0) is 13.1. The summed E-state index contributed by atoms with van der Waals surface area (Å²) in [6.07, 6.45) is 2.36. The van der Waals surface area contributed by atoms with Gasteiger partial charge in [0.15, 0.2) is 5.13 Å². The van der Waals surface area contributed by atoms with E-state index in [0.29, 0.717) is 23.6 Å². The van der Waals surface area contributed by atoms with Crippen LogP contribution in [0.3, 0.4) is 0 Å². The monoisotopic (exact) mass is 268 g/mol. The van der Waals surface area contributed by atoms with E-state index in [1.807, 2.05) is 5.38 Å². The highest BCUT2D eigenvalue weighted by Gasteiger charge is 2.23. The van der Waals surface area contributed by atoms with Gasteiger partial charge >= 0.3 is 0 Å². The van der Waals surface area contributed by atoms with Gasteiger partial charge in [-0.05, 0) is 26.8 Å². The number of amides is 1. The largest absolute Gasteiger partial charge is 0.375 e. The van der Waals surface area contributed by atoms with Crippen molar-refractivity contribution >= 4 is 22.4 Å². The first kappa shape index (κ1) is 13.3. The van der Waals surface area contributed by atoms with Crippen LogP contribution in [0.2, 0.25) is 0 Å². The lowest BCUT2D eigenvalue weighted by Gasteiger charge is -2.35. The van der Waals surface area contributed by atoms with Crippen LogP contribution >= 0.6 is 11.3 Å². The molecule has 0 radical (unpaired) electrons. The number of nitrogens with zero attached hydrogens (tertiary/aromatic N) is 2. The molecule has 18 heavy (non-hydrogen) atoms. The SMILES string of the molecule is CC1CC(NC(=O)Cc2csc(N)n2)CCN1C. The van der Waals surface area contributed by atoms with Crippen LogP contribution in [0.5, 0.6) is 0 Å². The Morgan fingerprint density at radius 2 is 2.50 bits per heavy atom. The predicted octanol–water partition coefficient (Wildman–Crippen LogP) is 0.867. The second-order valence-corrected chi connectivity index (χ2v) is 5.86. The molecule has 2 rings (SSSR count). The summed E-state index contributed by atoms with van der Waals surface area (Å²) in [5.74, 6) is 0.0436. The van der Waals surface area contributed by atoms with Crippen LogP contribution in [0, 0.1) is 0 Å². The molecule has 0 spiro atoms. The number of nitrogens with one attached hydrogen (secondary N) is 1. The summed E-state index contributed by atoms with van der Waals surface area (Å²) < 4.78 is 0. The highest BCUT2D eigenvalue weighted by atomic mass is 32.1. The van der Waals surface area contributed by atoms with Gasteiger partial charge in [-0.3, -0.25) is 4.79 Å². The maximum Gasteiger partial charge on any atom is 0.226 e. The Kier molecular flexibility index (Phi) is 4.19. The van der Waals surface area contributed by atoms with E-state index in [-0.39, 0.29) is 5.91 Å². The molecule has 0 aliphatic carbocycles. The second kappa shape index (κ2) is 5.67. The fraction of sp³-hybridized carbons (Fsp3) is 0.667. The van der Waals surface area contributed by atoms with Crippen LogP contribution in [-0.2, 0) is 11.2 Å². The van der Waals surface area contributed by atoms with Crippen molar-refractivity contribution < 1.29 is 4.79 Å². The molecule has 1 aliphatic heterocycles. The zero-order valence-corrected chi connectivity index (χ0v) is 11.7. The van der Waals surface area contributed by atoms with Gasteiger partial charge in [0.2, 0.25) is 5.91 Å². The topological polar surface area (TPSA) is 71.2 Å². The minimum absolute atomic E-state index is 0.0436. The Bertz CT molecular complexity index is 420. The van der Waals surface area contributed by atoms with E-state index in [2.05, 4.69) is 29.2 Å². The highest BCUT2D eigenvalue weighted by Crippen LogP contribution is 2.16. The average Bonchev–Trinajstić information content (AvgIpc) is 2.69. The molecule has 1 aromatic rings. The first-order valence-electron chi connectivity index (χ1n) is 6.24. The van der Waals surface area contributed by atoms with Crippen molar-refractivity contribution in [1.82, 2.24) is 15.2 Å². The van der Waals surface area contributed by atoms with E-state index < -0.39 is 0 Å². The fourth-order valence-electron chi connectivity index (χ4n) is 2.27. The van der Waals surface area contributed by atoms with Gasteiger partial charge < -0.3 is 16.0 Å². The molecule has 5 nitrogen and oxygen atoms in total. The number of anilines is 1. The summed E-state index contributed by atoms with van der Waals surface area (Å²) in [4.78, 5) is 18.3. The van der Waals surface area contributed by atoms with E-state index in [0.717, 1.165) is 25.1 Å². The average molecular weight is 268 g/mol. The van der Waals surface area contributed by atoms with Crippen molar-refractivity contribution in [1.29, 1.82) is 0 Å². The van der Waals surface area contributed by atoms with Gasteiger partial charge in [0.05, 0.1) is 12.1 Å². The molecule has 1 amide bonds. The standard InChI is InChI=1S/C12H20N4OS/c1-8-5-9(3-4-16(8)2)14-11(17)6-10-7-18-12(13)15-10/h7-9H,3-6H2,1-2H3,(H2,13,15)(H,14,17). The number of hydrogen-bond acceptors (Lipinski definition) is 5. The first-order chi connectivity index (χ1) is 8.54. The number of aromatic nitrogens is 1. The van der Waals surface area contributed by atoms with Gasteiger partial charge in [-0.15, -0.1) is 11.3 Å². The lowest BCUT2D eigenvalue weighted by molar-refractivity contribution is -0.121. The number of likely N-dealkylation sites (tertiary alicyclic amines) is 1. The fourth-order valence-corrected chi connectivity index (χ4v) is 2.83. The molecule has 1 saturated heterocycles. The summed E-state index contributed by atoms with van der Waals surface area (Å²) in [7, 11) is 2.13. The Morgan fingerprint density at radius 1 is 1.72 bits per heavy atom.